The predicted octanol–water partition coefficient (Wildman–Crippen LogP) is 4.85. The van der Waals surface area contributed by atoms with Gasteiger partial charge in [0.1, 0.15) is 11.5 Å². The quantitative estimate of drug-likeness (QED) is 0.853. The Balaban J connectivity index is 1.82. The van der Waals surface area contributed by atoms with Crippen LogP contribution in [-0.2, 0) is 0 Å². The Morgan fingerprint density at radius 1 is 1.00 bits per heavy atom. The number of carbonyl (C=O) groups excluding carboxylic acids is 1. The molecule has 138 valence electrons. The molecule has 1 aliphatic rings. The molecular weight excluding hydrogens is 328 g/mol. The highest BCUT2D eigenvalue weighted by Crippen LogP contribution is 2.32. The number of nitrogens with one attached hydrogen (secondary N) is 1. The molecule has 1 heterocycles. The molecule has 5 nitrogen and oxygen atoms in total. The van der Waals surface area contributed by atoms with Gasteiger partial charge >= 0.3 is 6.03 Å². The number of methoxy groups -OCH3 is 2. The second-order valence-corrected chi connectivity index (χ2v) is 6.46. The van der Waals surface area contributed by atoms with E-state index in [0.29, 0.717) is 11.4 Å². The largest absolute Gasteiger partial charge is 0.497 e. The molecule has 2 aromatic rings. The Morgan fingerprint density at radius 3 is 2.50 bits per heavy atom. The maximum atomic E-state index is 13.0. The van der Waals surface area contributed by atoms with Crippen molar-refractivity contribution >= 4 is 11.7 Å². The Labute approximate surface area is 154 Å². The van der Waals surface area contributed by atoms with Crippen molar-refractivity contribution in [1.29, 1.82) is 0 Å². The van der Waals surface area contributed by atoms with Crippen LogP contribution >= 0.6 is 0 Å². The molecule has 0 aromatic heterocycles. The molecule has 1 unspecified atom stereocenters. The fourth-order valence-corrected chi connectivity index (χ4v) is 3.46. The SMILES string of the molecule is COc1ccc(C2CCCCCN2C(=O)Nc2ccccc2OC)cc1. The van der Waals surface area contributed by atoms with Crippen molar-refractivity contribution in [2.45, 2.75) is 31.7 Å². The van der Waals surface area contributed by atoms with E-state index in [4.69, 9.17) is 9.47 Å². The highest BCUT2D eigenvalue weighted by molar-refractivity contribution is 5.91. The Hall–Kier alpha value is -2.69. The van der Waals surface area contributed by atoms with Crippen molar-refractivity contribution in [3.8, 4) is 11.5 Å². The van der Waals surface area contributed by atoms with Crippen molar-refractivity contribution in [2.24, 2.45) is 0 Å². The van der Waals surface area contributed by atoms with E-state index in [0.717, 1.165) is 43.5 Å². The number of nitrogens with zero attached hydrogens (tertiary/aromatic N) is 1. The standard InChI is InChI=1S/C21H26N2O3/c1-25-17-13-11-16(12-14-17)19-9-4-3-7-15-23(19)21(24)22-18-8-5-6-10-20(18)26-2/h5-6,8,10-14,19H,3-4,7,9,15H2,1-2H3,(H,22,24). The minimum absolute atomic E-state index is 0.0677. The number of benzene rings is 2. The van der Waals surface area contributed by atoms with E-state index in [1.807, 2.05) is 41.3 Å². The Morgan fingerprint density at radius 2 is 1.77 bits per heavy atom. The number of hydrogen-bond acceptors (Lipinski definition) is 3. The van der Waals surface area contributed by atoms with Gasteiger partial charge in [-0.2, -0.15) is 0 Å². The molecule has 1 N–H and O–H groups in total. The molecule has 1 fully saturated rings. The zero-order valence-electron chi connectivity index (χ0n) is 15.4. The average Bonchev–Trinajstić information content (AvgIpc) is 2.94. The van der Waals surface area contributed by atoms with E-state index in [1.54, 1.807) is 14.2 Å². The van der Waals surface area contributed by atoms with Gasteiger partial charge < -0.3 is 19.7 Å². The molecule has 3 rings (SSSR count). The lowest BCUT2D eigenvalue weighted by Crippen LogP contribution is -2.38. The number of carbonyl (C=O) groups is 1. The zero-order chi connectivity index (χ0) is 18.4. The average molecular weight is 354 g/mol. The summed E-state index contributed by atoms with van der Waals surface area (Å²) in [6.45, 7) is 0.748. The molecule has 2 aromatic carbocycles. The molecule has 26 heavy (non-hydrogen) atoms. The van der Waals surface area contributed by atoms with E-state index in [9.17, 15) is 4.79 Å². The molecule has 1 atom stereocenters. The Kier molecular flexibility index (Phi) is 6.00. The summed E-state index contributed by atoms with van der Waals surface area (Å²) in [4.78, 5) is 15.0. The van der Waals surface area contributed by atoms with Gasteiger partial charge in [-0.05, 0) is 42.7 Å². The van der Waals surface area contributed by atoms with Gasteiger partial charge in [-0.15, -0.1) is 0 Å². The van der Waals surface area contributed by atoms with Crippen LogP contribution in [0.5, 0.6) is 11.5 Å². The van der Waals surface area contributed by atoms with Crippen LogP contribution in [0.3, 0.4) is 0 Å². The number of hydrogen-bond donors (Lipinski definition) is 1. The molecule has 0 aliphatic carbocycles. The minimum atomic E-state index is -0.0859. The molecule has 0 spiro atoms. The smallest absolute Gasteiger partial charge is 0.322 e. The number of ether oxygens (including phenoxy) is 2. The predicted molar refractivity (Wildman–Crippen MR) is 103 cm³/mol. The topological polar surface area (TPSA) is 50.8 Å². The summed E-state index contributed by atoms with van der Waals surface area (Å²) in [5.41, 5.74) is 1.83. The number of anilines is 1. The number of amides is 2. The van der Waals surface area contributed by atoms with E-state index in [2.05, 4.69) is 17.4 Å². The van der Waals surface area contributed by atoms with Crippen LogP contribution in [0.2, 0.25) is 0 Å². The highest BCUT2D eigenvalue weighted by Gasteiger charge is 2.27. The molecule has 1 aliphatic heterocycles. The monoisotopic (exact) mass is 354 g/mol. The van der Waals surface area contributed by atoms with Gasteiger partial charge in [-0.1, -0.05) is 37.1 Å². The summed E-state index contributed by atoms with van der Waals surface area (Å²) in [7, 11) is 3.27. The third kappa shape index (κ3) is 4.10. The lowest BCUT2D eigenvalue weighted by Gasteiger charge is -2.31. The first-order valence-electron chi connectivity index (χ1n) is 9.07. The molecule has 0 saturated carbocycles. The summed E-state index contributed by atoms with van der Waals surface area (Å²) in [6.07, 6.45) is 4.25. The minimum Gasteiger partial charge on any atom is -0.497 e. The van der Waals surface area contributed by atoms with Gasteiger partial charge in [0.15, 0.2) is 0 Å². The lowest BCUT2D eigenvalue weighted by atomic mass is 10.0. The van der Waals surface area contributed by atoms with Crippen LogP contribution in [0.15, 0.2) is 48.5 Å². The van der Waals surface area contributed by atoms with Gasteiger partial charge in [0, 0.05) is 6.54 Å². The first-order valence-corrected chi connectivity index (χ1v) is 9.07. The maximum absolute atomic E-state index is 13.0. The van der Waals surface area contributed by atoms with Crippen molar-refractivity contribution in [3.63, 3.8) is 0 Å². The lowest BCUT2D eigenvalue weighted by molar-refractivity contribution is 0.189. The summed E-state index contributed by atoms with van der Waals surface area (Å²) in [5, 5.41) is 3.02. The first kappa shape index (κ1) is 18.1. The molecule has 1 saturated heterocycles. The molecule has 0 radical (unpaired) electrons. The van der Waals surface area contributed by atoms with Crippen molar-refractivity contribution in [3.05, 3.63) is 54.1 Å². The van der Waals surface area contributed by atoms with Crippen molar-refractivity contribution < 1.29 is 14.3 Å². The second kappa shape index (κ2) is 8.61. The first-order chi connectivity index (χ1) is 12.7. The van der Waals surface area contributed by atoms with Crippen molar-refractivity contribution in [1.82, 2.24) is 4.90 Å². The van der Waals surface area contributed by atoms with Gasteiger partial charge in [0.05, 0.1) is 25.9 Å². The van der Waals surface area contributed by atoms with E-state index < -0.39 is 0 Å². The normalized spacial score (nSPS) is 17.3. The van der Waals surface area contributed by atoms with E-state index >= 15 is 0 Å². The molecule has 5 heteroatoms. The summed E-state index contributed by atoms with van der Waals surface area (Å²) in [5.74, 6) is 1.49. The van der Waals surface area contributed by atoms with Gasteiger partial charge in [0.2, 0.25) is 0 Å². The van der Waals surface area contributed by atoms with Crippen LogP contribution in [0.25, 0.3) is 0 Å². The van der Waals surface area contributed by atoms with Crippen LogP contribution in [-0.4, -0.2) is 31.7 Å². The fourth-order valence-electron chi connectivity index (χ4n) is 3.46. The zero-order valence-corrected chi connectivity index (χ0v) is 15.4. The van der Waals surface area contributed by atoms with Gasteiger partial charge in [-0.3, -0.25) is 0 Å². The number of likely N-dealkylation sites (tertiary alicyclic amines) is 1. The molecular formula is C21H26N2O3. The van der Waals surface area contributed by atoms with E-state index in [-0.39, 0.29) is 12.1 Å². The van der Waals surface area contributed by atoms with E-state index in [1.165, 1.54) is 0 Å². The second-order valence-electron chi connectivity index (χ2n) is 6.46. The van der Waals surface area contributed by atoms with Gasteiger partial charge in [0.25, 0.3) is 0 Å². The van der Waals surface area contributed by atoms with Crippen LogP contribution in [0.1, 0.15) is 37.3 Å². The van der Waals surface area contributed by atoms with Crippen LogP contribution in [0, 0.1) is 0 Å². The third-order valence-electron chi connectivity index (χ3n) is 4.86. The fraction of sp³-hybridized carbons (Fsp3) is 0.381. The Bertz CT molecular complexity index is 730. The summed E-state index contributed by atoms with van der Waals surface area (Å²) in [6, 6.07) is 15.5. The molecule has 2 amide bonds. The number of para-hydroxylation sites is 2. The number of rotatable bonds is 4. The van der Waals surface area contributed by atoms with Crippen LogP contribution in [0.4, 0.5) is 10.5 Å². The molecule has 0 bridgehead atoms. The highest BCUT2D eigenvalue weighted by atomic mass is 16.5. The number of urea groups is 1. The third-order valence-corrected chi connectivity index (χ3v) is 4.86. The maximum Gasteiger partial charge on any atom is 0.322 e. The van der Waals surface area contributed by atoms with Crippen LogP contribution < -0.4 is 14.8 Å². The summed E-state index contributed by atoms with van der Waals surface area (Å²) < 4.78 is 10.6. The van der Waals surface area contributed by atoms with Gasteiger partial charge in [-0.25, -0.2) is 4.79 Å². The summed E-state index contributed by atoms with van der Waals surface area (Å²) >= 11 is 0. The van der Waals surface area contributed by atoms with Crippen molar-refractivity contribution in [2.75, 3.05) is 26.1 Å².